The molecular formula is C13H11F3N2S. The van der Waals surface area contributed by atoms with Gasteiger partial charge in [-0.15, -0.1) is 0 Å². The van der Waals surface area contributed by atoms with Gasteiger partial charge in [0.05, 0.1) is 0 Å². The number of hydrogen-bond acceptors (Lipinski definition) is 3. The molecule has 1 N–H and O–H groups in total. The normalized spacial score (nSPS) is 11.3. The number of pyridine rings is 1. The van der Waals surface area contributed by atoms with Crippen molar-refractivity contribution in [1.82, 2.24) is 4.98 Å². The van der Waals surface area contributed by atoms with Crippen LogP contribution in [0, 0.1) is 0 Å². The van der Waals surface area contributed by atoms with Crippen LogP contribution in [0.25, 0.3) is 0 Å². The zero-order valence-corrected chi connectivity index (χ0v) is 10.6. The van der Waals surface area contributed by atoms with Gasteiger partial charge in [-0.1, -0.05) is 6.07 Å². The second-order valence-electron chi connectivity index (χ2n) is 3.79. The van der Waals surface area contributed by atoms with Crippen LogP contribution in [0.3, 0.4) is 0 Å². The number of benzene rings is 1. The smallest absolute Gasteiger partial charge is 0.381 e. The first kappa shape index (κ1) is 13.7. The van der Waals surface area contributed by atoms with Crippen molar-refractivity contribution in [2.75, 3.05) is 5.32 Å². The van der Waals surface area contributed by atoms with E-state index in [1.807, 2.05) is 12.1 Å². The summed E-state index contributed by atoms with van der Waals surface area (Å²) in [6.45, 7) is 0.583. The largest absolute Gasteiger partial charge is 0.446 e. The zero-order valence-electron chi connectivity index (χ0n) is 9.82. The lowest BCUT2D eigenvalue weighted by Crippen LogP contribution is -2.00. The average molecular weight is 284 g/mol. The van der Waals surface area contributed by atoms with Crippen molar-refractivity contribution in [2.24, 2.45) is 0 Å². The monoisotopic (exact) mass is 284 g/mol. The second kappa shape index (κ2) is 5.97. The first-order chi connectivity index (χ1) is 9.03. The molecule has 0 fully saturated rings. The number of thioether (sulfide) groups is 1. The van der Waals surface area contributed by atoms with E-state index in [4.69, 9.17) is 0 Å². The van der Waals surface area contributed by atoms with Gasteiger partial charge in [0.25, 0.3) is 0 Å². The molecule has 0 bridgehead atoms. The zero-order chi connectivity index (χ0) is 13.7. The van der Waals surface area contributed by atoms with Gasteiger partial charge in [0.2, 0.25) is 0 Å². The van der Waals surface area contributed by atoms with Gasteiger partial charge in [-0.2, -0.15) is 13.2 Å². The Labute approximate surface area is 113 Å². The van der Waals surface area contributed by atoms with Gasteiger partial charge in [-0.05, 0) is 47.7 Å². The molecule has 0 spiro atoms. The quantitative estimate of drug-likeness (QED) is 0.847. The Hall–Kier alpha value is -1.69. The maximum Gasteiger partial charge on any atom is 0.446 e. The summed E-state index contributed by atoms with van der Waals surface area (Å²) in [5.74, 6) is 0. The second-order valence-corrected chi connectivity index (χ2v) is 4.93. The van der Waals surface area contributed by atoms with E-state index >= 15 is 0 Å². The molecule has 0 unspecified atom stereocenters. The number of nitrogens with zero attached hydrogens (tertiary/aromatic N) is 1. The molecule has 1 aromatic heterocycles. The summed E-state index contributed by atoms with van der Waals surface area (Å²) in [7, 11) is 0. The van der Waals surface area contributed by atoms with Crippen molar-refractivity contribution in [3.63, 3.8) is 0 Å². The third kappa shape index (κ3) is 4.82. The van der Waals surface area contributed by atoms with E-state index in [1.165, 1.54) is 12.1 Å². The van der Waals surface area contributed by atoms with Gasteiger partial charge in [-0.3, -0.25) is 4.98 Å². The fourth-order valence-corrected chi connectivity index (χ4v) is 2.02. The molecule has 0 aliphatic heterocycles. The maximum absolute atomic E-state index is 12.2. The predicted octanol–water partition coefficient (Wildman–Crippen LogP) is 4.31. The van der Waals surface area contributed by atoms with E-state index in [0.29, 0.717) is 6.54 Å². The summed E-state index contributed by atoms with van der Waals surface area (Å²) in [5.41, 5.74) is -2.46. The Morgan fingerprint density at radius 1 is 1.11 bits per heavy atom. The molecule has 2 rings (SSSR count). The molecule has 0 saturated carbocycles. The first-order valence-electron chi connectivity index (χ1n) is 5.51. The van der Waals surface area contributed by atoms with Gasteiger partial charge in [0, 0.05) is 29.5 Å². The molecular weight excluding hydrogens is 273 g/mol. The van der Waals surface area contributed by atoms with Crippen molar-refractivity contribution in [3.8, 4) is 0 Å². The van der Waals surface area contributed by atoms with Gasteiger partial charge < -0.3 is 5.32 Å². The van der Waals surface area contributed by atoms with Crippen molar-refractivity contribution >= 4 is 17.4 Å². The number of aromatic nitrogens is 1. The lowest BCUT2D eigenvalue weighted by molar-refractivity contribution is -0.0328. The number of alkyl halides is 3. The summed E-state index contributed by atoms with van der Waals surface area (Å²) < 4.78 is 36.5. The number of hydrogen-bond donors (Lipinski definition) is 1. The number of rotatable bonds is 4. The van der Waals surface area contributed by atoms with Crippen LogP contribution < -0.4 is 5.32 Å². The molecule has 2 aromatic rings. The third-order valence-corrected chi connectivity index (χ3v) is 3.05. The molecule has 2 nitrogen and oxygen atoms in total. The molecule has 0 saturated heterocycles. The standard InChI is InChI=1S/C13H11F3N2S/c14-13(15,16)19-12-5-3-11(4-6-12)18-9-10-2-1-7-17-8-10/h1-8,18H,9H2. The van der Waals surface area contributed by atoms with Crippen LogP contribution in [0.1, 0.15) is 5.56 Å². The molecule has 0 aliphatic rings. The van der Waals surface area contributed by atoms with E-state index < -0.39 is 5.51 Å². The highest BCUT2D eigenvalue weighted by Crippen LogP contribution is 2.37. The van der Waals surface area contributed by atoms with Crippen LogP contribution in [-0.4, -0.2) is 10.5 Å². The number of nitrogens with one attached hydrogen (secondary N) is 1. The van der Waals surface area contributed by atoms with E-state index in [1.54, 1.807) is 24.5 Å². The van der Waals surface area contributed by atoms with Crippen molar-refractivity contribution in [2.45, 2.75) is 16.9 Å². The summed E-state index contributed by atoms with van der Waals surface area (Å²) in [6.07, 6.45) is 3.42. The summed E-state index contributed by atoms with van der Waals surface area (Å²) in [5, 5.41) is 3.12. The summed E-state index contributed by atoms with van der Waals surface area (Å²) in [6, 6.07) is 9.91. The average Bonchev–Trinajstić information content (AvgIpc) is 2.37. The van der Waals surface area contributed by atoms with Crippen LogP contribution >= 0.6 is 11.8 Å². The SMILES string of the molecule is FC(F)(F)Sc1ccc(NCc2cccnc2)cc1. The van der Waals surface area contributed by atoms with E-state index in [-0.39, 0.29) is 16.7 Å². The summed E-state index contributed by atoms with van der Waals surface area (Å²) in [4.78, 5) is 4.16. The van der Waals surface area contributed by atoms with Gasteiger partial charge in [0.1, 0.15) is 0 Å². The minimum Gasteiger partial charge on any atom is -0.381 e. The lowest BCUT2D eigenvalue weighted by atomic mass is 10.2. The minimum absolute atomic E-state index is 0.114. The fraction of sp³-hybridized carbons (Fsp3) is 0.154. The molecule has 0 aliphatic carbocycles. The first-order valence-corrected chi connectivity index (χ1v) is 6.33. The topological polar surface area (TPSA) is 24.9 Å². The predicted molar refractivity (Wildman–Crippen MR) is 69.9 cm³/mol. The van der Waals surface area contributed by atoms with Gasteiger partial charge >= 0.3 is 5.51 Å². The Morgan fingerprint density at radius 2 is 1.84 bits per heavy atom. The highest BCUT2D eigenvalue weighted by atomic mass is 32.2. The van der Waals surface area contributed by atoms with Crippen LogP contribution in [0.5, 0.6) is 0 Å². The van der Waals surface area contributed by atoms with Crippen LogP contribution in [-0.2, 0) is 6.54 Å². The van der Waals surface area contributed by atoms with Crippen molar-refractivity contribution < 1.29 is 13.2 Å². The Balaban J connectivity index is 1.92. The Morgan fingerprint density at radius 3 is 2.42 bits per heavy atom. The highest BCUT2D eigenvalue weighted by molar-refractivity contribution is 8.00. The molecule has 100 valence electrons. The Bertz CT molecular complexity index is 512. The molecule has 19 heavy (non-hydrogen) atoms. The molecule has 1 heterocycles. The van der Waals surface area contributed by atoms with E-state index in [2.05, 4.69) is 10.3 Å². The van der Waals surface area contributed by atoms with Gasteiger partial charge in [-0.25, -0.2) is 0 Å². The molecule has 0 amide bonds. The van der Waals surface area contributed by atoms with Crippen molar-refractivity contribution in [1.29, 1.82) is 0 Å². The Kier molecular flexibility index (Phi) is 4.31. The number of halogens is 3. The third-order valence-electron chi connectivity index (χ3n) is 2.31. The molecule has 6 heteroatoms. The maximum atomic E-state index is 12.2. The number of anilines is 1. The van der Waals surface area contributed by atoms with Crippen LogP contribution in [0.2, 0.25) is 0 Å². The van der Waals surface area contributed by atoms with E-state index in [0.717, 1.165) is 11.3 Å². The molecule has 0 radical (unpaired) electrons. The highest BCUT2D eigenvalue weighted by Gasteiger charge is 2.28. The van der Waals surface area contributed by atoms with Crippen LogP contribution in [0.4, 0.5) is 18.9 Å². The van der Waals surface area contributed by atoms with Crippen LogP contribution in [0.15, 0.2) is 53.7 Å². The minimum atomic E-state index is -4.25. The molecule has 0 atom stereocenters. The fourth-order valence-electron chi connectivity index (χ4n) is 1.48. The van der Waals surface area contributed by atoms with Crippen molar-refractivity contribution in [3.05, 3.63) is 54.4 Å². The van der Waals surface area contributed by atoms with E-state index in [9.17, 15) is 13.2 Å². The molecule has 1 aromatic carbocycles. The summed E-state index contributed by atoms with van der Waals surface area (Å²) >= 11 is -0.114. The van der Waals surface area contributed by atoms with Gasteiger partial charge in [0.15, 0.2) is 0 Å². The lowest BCUT2D eigenvalue weighted by Gasteiger charge is -2.08.